The van der Waals surface area contributed by atoms with Crippen molar-refractivity contribution in [3.63, 3.8) is 0 Å². The molecule has 1 saturated heterocycles. The van der Waals surface area contributed by atoms with Gasteiger partial charge < -0.3 is 24.4 Å². The average Bonchev–Trinajstić information content (AvgIpc) is 2.74. The molecule has 1 heterocycles. The van der Waals surface area contributed by atoms with Crippen molar-refractivity contribution in [2.24, 2.45) is 4.99 Å². The van der Waals surface area contributed by atoms with Gasteiger partial charge in [-0.1, -0.05) is 12.1 Å². The maximum atomic E-state index is 13.3. The van der Waals surface area contributed by atoms with E-state index in [1.165, 1.54) is 12.1 Å². The zero-order chi connectivity index (χ0) is 20.8. The van der Waals surface area contributed by atoms with E-state index in [1.54, 1.807) is 33.4 Å². The molecular formula is C22H28FN3O3. The number of guanidine groups is 1. The molecule has 1 aliphatic heterocycles. The summed E-state index contributed by atoms with van der Waals surface area (Å²) in [6, 6.07) is 12.2. The largest absolute Gasteiger partial charge is 0.497 e. The van der Waals surface area contributed by atoms with Crippen LogP contribution in [0, 0.1) is 5.82 Å². The highest BCUT2D eigenvalue weighted by atomic mass is 19.1. The van der Waals surface area contributed by atoms with Gasteiger partial charge in [0.2, 0.25) is 0 Å². The fourth-order valence-corrected chi connectivity index (χ4v) is 3.49. The zero-order valence-electron chi connectivity index (χ0n) is 17.3. The fourth-order valence-electron chi connectivity index (χ4n) is 3.49. The maximum Gasteiger partial charge on any atom is 0.194 e. The molecule has 2 aromatic carbocycles. The number of rotatable bonds is 5. The molecule has 2 atom stereocenters. The van der Waals surface area contributed by atoms with Gasteiger partial charge in [0.05, 0.1) is 26.9 Å². The van der Waals surface area contributed by atoms with Crippen LogP contribution in [0.4, 0.5) is 4.39 Å². The molecule has 1 N–H and O–H groups in total. The number of morpholine rings is 1. The highest BCUT2D eigenvalue weighted by Crippen LogP contribution is 2.27. The Bertz CT molecular complexity index is 842. The Hall–Kier alpha value is -2.80. The monoisotopic (exact) mass is 401 g/mol. The predicted octanol–water partition coefficient (Wildman–Crippen LogP) is 3.38. The predicted molar refractivity (Wildman–Crippen MR) is 111 cm³/mol. The van der Waals surface area contributed by atoms with E-state index in [-0.39, 0.29) is 18.0 Å². The molecule has 0 aromatic heterocycles. The lowest BCUT2D eigenvalue weighted by molar-refractivity contribution is -0.0605. The second-order valence-electron chi connectivity index (χ2n) is 6.97. The van der Waals surface area contributed by atoms with Gasteiger partial charge >= 0.3 is 0 Å². The number of ether oxygens (including phenoxy) is 3. The van der Waals surface area contributed by atoms with Crippen LogP contribution < -0.4 is 14.8 Å². The molecule has 156 valence electrons. The fraction of sp³-hybridized carbons (Fsp3) is 0.409. The minimum Gasteiger partial charge on any atom is -0.497 e. The van der Waals surface area contributed by atoms with E-state index in [2.05, 4.69) is 15.2 Å². The van der Waals surface area contributed by atoms with E-state index in [9.17, 15) is 4.39 Å². The van der Waals surface area contributed by atoms with E-state index in [0.29, 0.717) is 13.1 Å². The van der Waals surface area contributed by atoms with E-state index < -0.39 is 0 Å². The van der Waals surface area contributed by atoms with Crippen LogP contribution in [0.5, 0.6) is 11.5 Å². The summed E-state index contributed by atoms with van der Waals surface area (Å²) < 4.78 is 30.1. The normalized spacial score (nSPS) is 19.8. The molecule has 2 unspecified atom stereocenters. The van der Waals surface area contributed by atoms with E-state index in [0.717, 1.165) is 35.1 Å². The Balaban J connectivity index is 1.70. The number of aliphatic imine (C=N–C) groups is 1. The summed E-state index contributed by atoms with van der Waals surface area (Å²) in [4.78, 5) is 6.61. The lowest BCUT2D eigenvalue weighted by Crippen LogP contribution is -2.50. The molecule has 1 fully saturated rings. The molecule has 6 nitrogen and oxygen atoms in total. The lowest BCUT2D eigenvalue weighted by atomic mass is 10.1. The van der Waals surface area contributed by atoms with E-state index in [1.807, 2.05) is 25.1 Å². The Morgan fingerprint density at radius 3 is 2.59 bits per heavy atom. The van der Waals surface area contributed by atoms with Crippen LogP contribution in [-0.4, -0.2) is 51.3 Å². The summed E-state index contributed by atoms with van der Waals surface area (Å²) in [6.45, 7) is 3.95. The number of hydrogen-bond acceptors (Lipinski definition) is 4. The van der Waals surface area contributed by atoms with Crippen molar-refractivity contribution in [1.29, 1.82) is 0 Å². The van der Waals surface area contributed by atoms with Gasteiger partial charge in [-0.05, 0) is 36.8 Å². The first kappa shape index (κ1) is 20.9. The highest BCUT2D eigenvalue weighted by Gasteiger charge is 2.28. The van der Waals surface area contributed by atoms with Crippen LogP contribution in [0.1, 0.15) is 24.2 Å². The SMILES string of the molecule is CN=C(NCc1ccc(OC)cc1OC)N1CC(C)OC(c2ccc(F)cc2)C1. The van der Waals surface area contributed by atoms with Crippen molar-refractivity contribution in [3.05, 3.63) is 59.4 Å². The van der Waals surface area contributed by atoms with E-state index in [4.69, 9.17) is 14.2 Å². The van der Waals surface area contributed by atoms with Crippen molar-refractivity contribution >= 4 is 5.96 Å². The van der Waals surface area contributed by atoms with Crippen LogP contribution in [0.3, 0.4) is 0 Å². The number of nitrogens with zero attached hydrogens (tertiary/aromatic N) is 2. The minimum atomic E-state index is -0.250. The van der Waals surface area contributed by atoms with Crippen LogP contribution in [-0.2, 0) is 11.3 Å². The van der Waals surface area contributed by atoms with Crippen molar-refractivity contribution in [2.45, 2.75) is 25.7 Å². The summed E-state index contributed by atoms with van der Waals surface area (Å²) in [5.41, 5.74) is 1.96. The molecule has 1 aliphatic rings. The third-order valence-corrected chi connectivity index (χ3v) is 4.94. The summed E-state index contributed by atoms with van der Waals surface area (Å²) in [5.74, 6) is 2.04. The molecule has 0 spiro atoms. The average molecular weight is 401 g/mol. The molecule has 0 saturated carbocycles. The first-order valence-electron chi connectivity index (χ1n) is 9.61. The van der Waals surface area contributed by atoms with Gasteiger partial charge in [0.15, 0.2) is 5.96 Å². The number of benzene rings is 2. The van der Waals surface area contributed by atoms with Crippen molar-refractivity contribution < 1.29 is 18.6 Å². The summed E-state index contributed by atoms with van der Waals surface area (Å²) in [6.07, 6.45) is -0.124. The maximum absolute atomic E-state index is 13.3. The molecule has 0 radical (unpaired) electrons. The molecule has 3 rings (SSSR count). The van der Waals surface area contributed by atoms with Crippen LogP contribution in [0.25, 0.3) is 0 Å². The Labute approximate surface area is 171 Å². The third-order valence-electron chi connectivity index (χ3n) is 4.94. The van der Waals surface area contributed by atoms with Gasteiger partial charge in [0, 0.05) is 31.8 Å². The van der Waals surface area contributed by atoms with Gasteiger partial charge in [-0.15, -0.1) is 0 Å². The van der Waals surface area contributed by atoms with Crippen LogP contribution >= 0.6 is 0 Å². The first-order chi connectivity index (χ1) is 14.0. The Morgan fingerprint density at radius 2 is 1.93 bits per heavy atom. The summed E-state index contributed by atoms with van der Waals surface area (Å²) >= 11 is 0. The summed E-state index contributed by atoms with van der Waals surface area (Å²) in [5, 5.41) is 3.41. The molecule has 7 heteroatoms. The number of halogens is 1. The van der Waals surface area contributed by atoms with Gasteiger partial charge in [-0.3, -0.25) is 4.99 Å². The molecular weight excluding hydrogens is 373 g/mol. The topological polar surface area (TPSA) is 55.3 Å². The minimum absolute atomic E-state index is 0.0212. The van der Waals surface area contributed by atoms with Gasteiger partial charge in [-0.2, -0.15) is 0 Å². The number of hydrogen-bond donors (Lipinski definition) is 1. The quantitative estimate of drug-likeness (QED) is 0.615. The standard InChI is InChI=1S/C22H28FN3O3/c1-15-13-26(14-21(29-15)16-5-8-18(23)9-6-16)22(24-2)25-12-17-7-10-19(27-3)11-20(17)28-4/h5-11,15,21H,12-14H2,1-4H3,(H,24,25). The van der Waals surface area contributed by atoms with Crippen molar-refractivity contribution in [1.82, 2.24) is 10.2 Å². The molecule has 29 heavy (non-hydrogen) atoms. The van der Waals surface area contributed by atoms with Crippen LogP contribution in [0.15, 0.2) is 47.5 Å². The Morgan fingerprint density at radius 1 is 1.17 bits per heavy atom. The number of nitrogens with one attached hydrogen (secondary N) is 1. The second kappa shape index (κ2) is 9.60. The summed E-state index contributed by atoms with van der Waals surface area (Å²) in [7, 11) is 5.04. The third kappa shape index (κ3) is 5.17. The molecule has 2 aromatic rings. The van der Waals surface area contributed by atoms with Crippen LogP contribution in [0.2, 0.25) is 0 Å². The Kier molecular flexibility index (Phi) is 6.93. The van der Waals surface area contributed by atoms with Gasteiger partial charge in [0.25, 0.3) is 0 Å². The zero-order valence-corrected chi connectivity index (χ0v) is 17.3. The van der Waals surface area contributed by atoms with Gasteiger partial charge in [0.1, 0.15) is 23.4 Å². The molecule has 0 aliphatic carbocycles. The molecule has 0 amide bonds. The van der Waals surface area contributed by atoms with E-state index >= 15 is 0 Å². The first-order valence-corrected chi connectivity index (χ1v) is 9.61. The second-order valence-corrected chi connectivity index (χ2v) is 6.97. The molecule has 0 bridgehead atoms. The van der Waals surface area contributed by atoms with Crippen molar-refractivity contribution in [2.75, 3.05) is 34.4 Å². The highest BCUT2D eigenvalue weighted by molar-refractivity contribution is 5.80. The number of methoxy groups -OCH3 is 2. The lowest BCUT2D eigenvalue weighted by Gasteiger charge is -2.38. The van der Waals surface area contributed by atoms with Gasteiger partial charge in [-0.25, -0.2) is 4.39 Å². The smallest absolute Gasteiger partial charge is 0.194 e. The van der Waals surface area contributed by atoms with Crippen molar-refractivity contribution in [3.8, 4) is 11.5 Å².